The van der Waals surface area contributed by atoms with Gasteiger partial charge in [-0.05, 0) is 42.8 Å². The van der Waals surface area contributed by atoms with Crippen LogP contribution in [0.2, 0.25) is 0 Å². The number of halogens is 1. The van der Waals surface area contributed by atoms with Crippen LogP contribution >= 0.6 is 15.9 Å². The number of aryl methyl sites for hydroxylation is 1. The van der Waals surface area contributed by atoms with E-state index >= 15 is 0 Å². The van der Waals surface area contributed by atoms with Gasteiger partial charge in [0.2, 0.25) is 5.91 Å². The van der Waals surface area contributed by atoms with Crippen LogP contribution in [0.15, 0.2) is 53.1 Å². The van der Waals surface area contributed by atoms with Crippen LogP contribution in [0.3, 0.4) is 0 Å². The minimum absolute atomic E-state index is 0.111. The summed E-state index contributed by atoms with van der Waals surface area (Å²) in [6.07, 6.45) is 1.77. The van der Waals surface area contributed by atoms with Gasteiger partial charge in [0.05, 0.1) is 11.9 Å². The fraction of sp³-hybridized carbons (Fsp3) is 0.158. The van der Waals surface area contributed by atoms with Crippen molar-refractivity contribution in [1.29, 1.82) is 0 Å². The number of carbonyl (C=O) groups is 1. The van der Waals surface area contributed by atoms with E-state index in [4.69, 9.17) is 4.74 Å². The molecule has 0 atom stereocenters. The van der Waals surface area contributed by atoms with Gasteiger partial charge in [0.15, 0.2) is 0 Å². The summed E-state index contributed by atoms with van der Waals surface area (Å²) in [5.41, 5.74) is 4.71. The molecule has 126 valence electrons. The summed E-state index contributed by atoms with van der Waals surface area (Å²) in [4.78, 5) is 12.5. The summed E-state index contributed by atoms with van der Waals surface area (Å²) in [7, 11) is 0. The normalized spacial score (nSPS) is 12.1. The molecule has 2 heterocycles. The number of rotatable bonds is 3. The van der Waals surface area contributed by atoms with E-state index in [9.17, 15) is 4.79 Å². The van der Waals surface area contributed by atoms with Gasteiger partial charge >= 0.3 is 0 Å². The van der Waals surface area contributed by atoms with Gasteiger partial charge in [0.25, 0.3) is 0 Å². The van der Waals surface area contributed by atoms with Gasteiger partial charge in [0, 0.05) is 21.3 Å². The summed E-state index contributed by atoms with van der Waals surface area (Å²) in [5.74, 6) is 0.709. The van der Waals surface area contributed by atoms with Crippen LogP contribution < -0.4 is 10.1 Å². The molecule has 0 spiro atoms. The molecular formula is C19H16BrN3O2. The molecule has 0 aliphatic carbocycles. The number of fused-ring (bicyclic) bond motifs is 3. The molecule has 1 aromatic heterocycles. The minimum Gasteiger partial charge on any atom is -0.488 e. The second kappa shape index (κ2) is 6.37. The van der Waals surface area contributed by atoms with Crippen LogP contribution in [-0.4, -0.2) is 15.7 Å². The second-order valence-corrected chi connectivity index (χ2v) is 6.88. The van der Waals surface area contributed by atoms with Crippen LogP contribution in [0, 0.1) is 6.92 Å². The topological polar surface area (TPSA) is 56.2 Å². The predicted octanol–water partition coefficient (Wildman–Crippen LogP) is 4.15. The van der Waals surface area contributed by atoms with E-state index in [0.717, 1.165) is 38.3 Å². The molecule has 0 bridgehead atoms. The van der Waals surface area contributed by atoms with Crippen LogP contribution in [0.25, 0.3) is 11.3 Å². The average molecular weight is 398 g/mol. The minimum atomic E-state index is -0.111. The zero-order chi connectivity index (χ0) is 17.4. The van der Waals surface area contributed by atoms with E-state index in [1.54, 1.807) is 10.9 Å². The molecule has 1 N–H and O–H groups in total. The number of ether oxygens (including phenoxy) is 1. The quantitative estimate of drug-likeness (QED) is 0.721. The number of benzene rings is 2. The van der Waals surface area contributed by atoms with Gasteiger partial charge in [0.1, 0.15) is 18.9 Å². The van der Waals surface area contributed by atoms with Gasteiger partial charge in [-0.3, -0.25) is 9.48 Å². The summed E-state index contributed by atoms with van der Waals surface area (Å²) in [5, 5.41) is 7.34. The van der Waals surface area contributed by atoms with Gasteiger partial charge in [-0.2, -0.15) is 5.10 Å². The standard InChI is InChI=1S/C19H16BrN3O2/c1-12-8-14(20)6-7-16(12)22-18(24)10-23-19-13(9-21-23)11-25-17-5-3-2-4-15(17)19/h2-9H,10-11H2,1H3,(H,22,24). The summed E-state index contributed by atoms with van der Waals surface area (Å²) < 4.78 is 8.46. The fourth-order valence-corrected chi connectivity index (χ4v) is 3.47. The van der Waals surface area contributed by atoms with Crippen molar-refractivity contribution < 1.29 is 9.53 Å². The molecule has 1 aliphatic heterocycles. The lowest BCUT2D eigenvalue weighted by Crippen LogP contribution is -2.21. The first kappa shape index (κ1) is 15.9. The van der Waals surface area contributed by atoms with Crippen LogP contribution in [0.5, 0.6) is 5.75 Å². The smallest absolute Gasteiger partial charge is 0.246 e. The molecule has 6 heteroatoms. The fourth-order valence-electron chi connectivity index (χ4n) is 3.00. The molecule has 3 aromatic rings. The number of para-hydroxylation sites is 1. The molecular weight excluding hydrogens is 382 g/mol. The highest BCUT2D eigenvalue weighted by atomic mass is 79.9. The Balaban J connectivity index is 1.59. The highest BCUT2D eigenvalue weighted by Crippen LogP contribution is 2.37. The SMILES string of the molecule is Cc1cc(Br)ccc1NC(=O)Cn1ncc2c1-c1ccccc1OC2. The Bertz CT molecular complexity index is 965. The van der Waals surface area contributed by atoms with E-state index in [1.165, 1.54) is 0 Å². The van der Waals surface area contributed by atoms with Crippen molar-refractivity contribution in [3.8, 4) is 17.0 Å². The van der Waals surface area contributed by atoms with Crippen molar-refractivity contribution in [1.82, 2.24) is 9.78 Å². The first-order valence-corrected chi connectivity index (χ1v) is 8.74. The third-order valence-electron chi connectivity index (χ3n) is 4.20. The Morgan fingerprint density at radius 3 is 3.00 bits per heavy atom. The summed E-state index contributed by atoms with van der Waals surface area (Å²) in [6, 6.07) is 13.6. The summed E-state index contributed by atoms with van der Waals surface area (Å²) >= 11 is 3.43. The third-order valence-corrected chi connectivity index (χ3v) is 4.69. The van der Waals surface area contributed by atoms with Crippen molar-refractivity contribution >= 4 is 27.5 Å². The average Bonchev–Trinajstić information content (AvgIpc) is 3.01. The van der Waals surface area contributed by atoms with Crippen molar-refractivity contribution in [3.63, 3.8) is 0 Å². The van der Waals surface area contributed by atoms with Crippen molar-refractivity contribution in [2.75, 3.05) is 5.32 Å². The van der Waals surface area contributed by atoms with Crippen LogP contribution in [0.4, 0.5) is 5.69 Å². The Labute approximate surface area is 153 Å². The molecule has 0 unspecified atom stereocenters. The third kappa shape index (κ3) is 3.05. The molecule has 1 amide bonds. The van der Waals surface area contributed by atoms with Crippen molar-refractivity contribution in [3.05, 3.63) is 64.3 Å². The number of hydrogen-bond donors (Lipinski definition) is 1. The first-order valence-electron chi connectivity index (χ1n) is 7.95. The predicted molar refractivity (Wildman–Crippen MR) is 99.5 cm³/mol. The van der Waals surface area contributed by atoms with E-state index in [2.05, 4.69) is 26.3 Å². The number of hydrogen-bond acceptors (Lipinski definition) is 3. The number of nitrogens with one attached hydrogen (secondary N) is 1. The highest BCUT2D eigenvalue weighted by molar-refractivity contribution is 9.10. The maximum Gasteiger partial charge on any atom is 0.246 e. The van der Waals surface area contributed by atoms with Gasteiger partial charge in [-0.25, -0.2) is 0 Å². The maximum absolute atomic E-state index is 12.5. The van der Waals surface area contributed by atoms with Crippen molar-refractivity contribution in [2.24, 2.45) is 0 Å². The Morgan fingerprint density at radius 2 is 2.16 bits per heavy atom. The van der Waals surface area contributed by atoms with Gasteiger partial charge in [-0.1, -0.05) is 28.1 Å². The molecule has 0 radical (unpaired) electrons. The van der Waals surface area contributed by atoms with E-state index in [-0.39, 0.29) is 12.5 Å². The molecule has 0 saturated carbocycles. The Hall–Kier alpha value is -2.60. The molecule has 0 fully saturated rings. The van der Waals surface area contributed by atoms with Crippen LogP contribution in [0.1, 0.15) is 11.1 Å². The van der Waals surface area contributed by atoms with E-state index in [0.29, 0.717) is 6.61 Å². The van der Waals surface area contributed by atoms with E-state index in [1.807, 2.05) is 49.4 Å². The molecule has 2 aromatic carbocycles. The van der Waals surface area contributed by atoms with Gasteiger partial charge in [-0.15, -0.1) is 0 Å². The first-order chi connectivity index (χ1) is 12.1. The maximum atomic E-state index is 12.5. The molecule has 25 heavy (non-hydrogen) atoms. The Morgan fingerprint density at radius 1 is 1.32 bits per heavy atom. The monoisotopic (exact) mass is 397 g/mol. The Kier molecular flexibility index (Phi) is 4.05. The number of carbonyl (C=O) groups excluding carboxylic acids is 1. The number of anilines is 1. The lowest BCUT2D eigenvalue weighted by atomic mass is 10.0. The molecule has 5 nitrogen and oxygen atoms in total. The molecule has 4 rings (SSSR count). The molecule has 1 aliphatic rings. The zero-order valence-corrected chi connectivity index (χ0v) is 15.2. The van der Waals surface area contributed by atoms with Crippen LogP contribution in [-0.2, 0) is 17.9 Å². The van der Waals surface area contributed by atoms with Crippen molar-refractivity contribution in [2.45, 2.75) is 20.1 Å². The molecule has 0 saturated heterocycles. The lowest BCUT2D eigenvalue weighted by Gasteiger charge is -2.19. The number of amides is 1. The largest absolute Gasteiger partial charge is 0.488 e. The second-order valence-electron chi connectivity index (χ2n) is 5.97. The number of nitrogens with zero attached hydrogens (tertiary/aromatic N) is 2. The lowest BCUT2D eigenvalue weighted by molar-refractivity contribution is -0.116. The number of aromatic nitrogens is 2. The van der Waals surface area contributed by atoms with E-state index < -0.39 is 0 Å². The van der Waals surface area contributed by atoms with Gasteiger partial charge < -0.3 is 10.1 Å². The highest BCUT2D eigenvalue weighted by Gasteiger charge is 2.22. The summed E-state index contributed by atoms with van der Waals surface area (Å²) in [6.45, 7) is 2.59. The zero-order valence-electron chi connectivity index (χ0n) is 13.6.